The van der Waals surface area contributed by atoms with Crippen LogP contribution in [0.4, 0.5) is 10.2 Å². The van der Waals surface area contributed by atoms with Crippen molar-refractivity contribution in [1.29, 1.82) is 0 Å². The fourth-order valence-corrected chi connectivity index (χ4v) is 4.55. The molecule has 0 bridgehead atoms. The van der Waals surface area contributed by atoms with Crippen molar-refractivity contribution in [3.8, 4) is 11.4 Å². The van der Waals surface area contributed by atoms with Gasteiger partial charge in [0, 0.05) is 62.6 Å². The number of benzene rings is 2. The topological polar surface area (TPSA) is 61.7 Å². The molecule has 1 saturated heterocycles. The molecule has 1 fully saturated rings. The lowest BCUT2D eigenvalue weighted by molar-refractivity contribution is 0.0202. The van der Waals surface area contributed by atoms with E-state index >= 15 is 0 Å². The van der Waals surface area contributed by atoms with Gasteiger partial charge in [0.05, 0.1) is 12.7 Å². The normalized spacial score (nSPS) is 15.4. The van der Waals surface area contributed by atoms with Crippen LogP contribution in [0.5, 0.6) is 0 Å². The molecule has 1 atom stereocenters. The van der Waals surface area contributed by atoms with E-state index in [-0.39, 0.29) is 5.82 Å². The number of aliphatic hydroxyl groups excluding tert-OH is 1. The Morgan fingerprint density at radius 1 is 0.971 bits per heavy atom. The van der Waals surface area contributed by atoms with Crippen molar-refractivity contribution >= 4 is 5.82 Å². The SMILES string of the molecule is CCOCC(O)CN1CCN(c2nc(-c3ccccc3)nc(CC)c2Cc2ccccc2F)CC1. The number of β-amino-alcohol motifs (C(OH)–C–C–N with tert-alkyl or cyclic N) is 1. The van der Waals surface area contributed by atoms with E-state index in [1.54, 1.807) is 6.07 Å². The monoisotopic (exact) mass is 478 g/mol. The van der Waals surface area contributed by atoms with Gasteiger partial charge >= 0.3 is 0 Å². The van der Waals surface area contributed by atoms with E-state index in [2.05, 4.69) is 16.7 Å². The summed E-state index contributed by atoms with van der Waals surface area (Å²) in [6.07, 6.45) is 0.699. The molecular weight excluding hydrogens is 443 g/mol. The van der Waals surface area contributed by atoms with Crippen molar-refractivity contribution in [2.45, 2.75) is 32.8 Å². The Morgan fingerprint density at radius 3 is 2.37 bits per heavy atom. The second-order valence-corrected chi connectivity index (χ2v) is 8.88. The summed E-state index contributed by atoms with van der Waals surface area (Å²) in [5.74, 6) is 1.37. The number of aliphatic hydroxyl groups is 1. The summed E-state index contributed by atoms with van der Waals surface area (Å²) < 4.78 is 20.0. The number of nitrogens with zero attached hydrogens (tertiary/aromatic N) is 4. The highest BCUT2D eigenvalue weighted by molar-refractivity contribution is 5.61. The van der Waals surface area contributed by atoms with Gasteiger partial charge < -0.3 is 14.7 Å². The van der Waals surface area contributed by atoms with Crippen molar-refractivity contribution in [3.05, 3.63) is 77.2 Å². The predicted octanol–water partition coefficient (Wildman–Crippen LogP) is 3.96. The van der Waals surface area contributed by atoms with Crippen LogP contribution in [-0.4, -0.2) is 72.0 Å². The number of rotatable bonds is 10. The van der Waals surface area contributed by atoms with Crippen molar-refractivity contribution in [3.63, 3.8) is 0 Å². The number of anilines is 1. The Kier molecular flexibility index (Phi) is 8.79. The molecule has 0 spiro atoms. The lowest BCUT2D eigenvalue weighted by Crippen LogP contribution is -2.49. The maximum absolute atomic E-state index is 14.6. The van der Waals surface area contributed by atoms with Gasteiger partial charge in [-0.05, 0) is 25.0 Å². The Labute approximate surface area is 207 Å². The van der Waals surface area contributed by atoms with E-state index in [9.17, 15) is 9.50 Å². The molecule has 0 saturated carbocycles. The third-order valence-corrected chi connectivity index (χ3v) is 6.42. The van der Waals surface area contributed by atoms with Gasteiger partial charge in [0.1, 0.15) is 11.6 Å². The van der Waals surface area contributed by atoms with Gasteiger partial charge in [-0.3, -0.25) is 4.90 Å². The number of piperazine rings is 1. The van der Waals surface area contributed by atoms with E-state index in [0.717, 1.165) is 55.2 Å². The van der Waals surface area contributed by atoms with Gasteiger partial charge in [0.15, 0.2) is 5.82 Å². The first-order valence-electron chi connectivity index (χ1n) is 12.5. The van der Waals surface area contributed by atoms with Gasteiger partial charge in [0.25, 0.3) is 0 Å². The van der Waals surface area contributed by atoms with Crippen LogP contribution in [0.15, 0.2) is 54.6 Å². The molecular formula is C28H35FN4O2. The van der Waals surface area contributed by atoms with E-state index in [4.69, 9.17) is 14.7 Å². The Balaban J connectivity index is 1.63. The number of aryl methyl sites for hydroxylation is 1. The van der Waals surface area contributed by atoms with Crippen LogP contribution in [0.1, 0.15) is 30.7 Å². The van der Waals surface area contributed by atoms with Crippen LogP contribution in [0.2, 0.25) is 0 Å². The Bertz CT molecular complexity index is 1090. The van der Waals surface area contributed by atoms with Crippen LogP contribution >= 0.6 is 0 Å². The molecule has 1 unspecified atom stereocenters. The molecule has 0 radical (unpaired) electrons. The van der Waals surface area contributed by atoms with Gasteiger partial charge in [-0.2, -0.15) is 0 Å². The predicted molar refractivity (Wildman–Crippen MR) is 137 cm³/mol. The van der Waals surface area contributed by atoms with Crippen LogP contribution < -0.4 is 4.90 Å². The highest BCUT2D eigenvalue weighted by Gasteiger charge is 2.25. The molecule has 1 N–H and O–H groups in total. The van der Waals surface area contributed by atoms with Crippen molar-refractivity contribution in [2.24, 2.45) is 0 Å². The molecule has 2 aromatic carbocycles. The Morgan fingerprint density at radius 2 is 1.69 bits per heavy atom. The molecule has 2 heterocycles. The fraction of sp³-hybridized carbons (Fsp3) is 0.429. The number of halogens is 1. The van der Waals surface area contributed by atoms with E-state index in [1.807, 2.05) is 49.4 Å². The van der Waals surface area contributed by atoms with Crippen LogP contribution in [0.3, 0.4) is 0 Å². The van der Waals surface area contributed by atoms with Gasteiger partial charge in [-0.25, -0.2) is 14.4 Å². The van der Waals surface area contributed by atoms with E-state index in [0.29, 0.717) is 37.6 Å². The second-order valence-electron chi connectivity index (χ2n) is 8.88. The summed E-state index contributed by atoms with van der Waals surface area (Å²) in [5.41, 5.74) is 3.56. The van der Waals surface area contributed by atoms with Gasteiger partial charge in [-0.1, -0.05) is 55.5 Å². The number of aromatic nitrogens is 2. The van der Waals surface area contributed by atoms with Gasteiger partial charge in [-0.15, -0.1) is 0 Å². The number of hydrogen-bond donors (Lipinski definition) is 1. The first-order valence-corrected chi connectivity index (χ1v) is 12.5. The quantitative estimate of drug-likeness (QED) is 0.476. The smallest absolute Gasteiger partial charge is 0.161 e. The minimum atomic E-state index is -0.492. The molecule has 0 amide bonds. The Hall–Kier alpha value is -2.87. The highest BCUT2D eigenvalue weighted by atomic mass is 19.1. The lowest BCUT2D eigenvalue weighted by Gasteiger charge is -2.37. The lowest BCUT2D eigenvalue weighted by atomic mass is 10.0. The molecule has 1 aliphatic rings. The van der Waals surface area contributed by atoms with Crippen LogP contribution in [0.25, 0.3) is 11.4 Å². The summed E-state index contributed by atoms with van der Waals surface area (Å²) in [4.78, 5) is 14.5. The second kappa shape index (κ2) is 12.2. The highest BCUT2D eigenvalue weighted by Crippen LogP contribution is 2.29. The zero-order valence-corrected chi connectivity index (χ0v) is 20.7. The molecule has 1 aromatic heterocycles. The maximum Gasteiger partial charge on any atom is 0.161 e. The van der Waals surface area contributed by atoms with Crippen molar-refractivity contribution in [1.82, 2.24) is 14.9 Å². The van der Waals surface area contributed by atoms with Crippen molar-refractivity contribution in [2.75, 3.05) is 50.8 Å². The molecule has 7 heteroatoms. The summed E-state index contributed by atoms with van der Waals surface area (Å²) >= 11 is 0. The van der Waals surface area contributed by atoms with E-state index in [1.165, 1.54) is 6.07 Å². The average Bonchev–Trinajstić information content (AvgIpc) is 2.89. The molecule has 3 aromatic rings. The maximum atomic E-state index is 14.6. The third kappa shape index (κ3) is 6.42. The number of ether oxygens (including phenoxy) is 1. The molecule has 4 rings (SSSR count). The fourth-order valence-electron chi connectivity index (χ4n) is 4.55. The van der Waals surface area contributed by atoms with E-state index < -0.39 is 6.10 Å². The summed E-state index contributed by atoms with van der Waals surface area (Å²) in [6.45, 7) is 8.75. The third-order valence-electron chi connectivity index (χ3n) is 6.42. The van der Waals surface area contributed by atoms with Crippen LogP contribution in [-0.2, 0) is 17.6 Å². The van der Waals surface area contributed by atoms with Crippen molar-refractivity contribution < 1.29 is 14.2 Å². The van der Waals surface area contributed by atoms with Crippen LogP contribution in [0, 0.1) is 5.82 Å². The minimum absolute atomic E-state index is 0.208. The molecule has 0 aliphatic carbocycles. The molecule has 186 valence electrons. The zero-order valence-electron chi connectivity index (χ0n) is 20.7. The molecule has 35 heavy (non-hydrogen) atoms. The molecule has 6 nitrogen and oxygen atoms in total. The first kappa shape index (κ1) is 25.2. The largest absolute Gasteiger partial charge is 0.389 e. The summed E-state index contributed by atoms with van der Waals surface area (Å²) in [5, 5.41) is 10.2. The first-order chi connectivity index (χ1) is 17.1. The summed E-state index contributed by atoms with van der Waals surface area (Å²) in [7, 11) is 0. The molecule has 1 aliphatic heterocycles. The zero-order chi connectivity index (χ0) is 24.6. The minimum Gasteiger partial charge on any atom is -0.389 e. The summed E-state index contributed by atoms with van der Waals surface area (Å²) in [6, 6.07) is 16.9. The standard InChI is InChI=1S/C28H35FN4O2/c1-3-26-24(18-22-12-8-9-13-25(22)29)28(31-27(30-26)21-10-6-5-7-11-21)33-16-14-32(15-17-33)19-23(34)20-35-4-2/h5-13,23,34H,3-4,14-20H2,1-2H3. The van der Waals surface area contributed by atoms with Gasteiger partial charge in [0.2, 0.25) is 0 Å². The number of hydrogen-bond acceptors (Lipinski definition) is 6. The average molecular weight is 479 g/mol.